The first-order chi connectivity index (χ1) is 10.8. The van der Waals surface area contributed by atoms with Crippen molar-refractivity contribution in [2.75, 3.05) is 0 Å². The molecule has 22 heavy (non-hydrogen) atoms. The number of para-hydroxylation sites is 1. The van der Waals surface area contributed by atoms with Gasteiger partial charge in [-0.05, 0) is 0 Å². The van der Waals surface area contributed by atoms with Crippen molar-refractivity contribution in [1.29, 1.82) is 0 Å². The Morgan fingerprint density at radius 2 is 1.73 bits per heavy atom. The summed E-state index contributed by atoms with van der Waals surface area (Å²) in [6, 6.07) is 19.4. The van der Waals surface area contributed by atoms with Crippen LogP contribution in [0.15, 0.2) is 74.8 Å². The molecule has 0 aliphatic rings. The van der Waals surface area contributed by atoms with E-state index in [-0.39, 0.29) is 20.1 Å². The Balaban J connectivity index is 1.84. The van der Waals surface area contributed by atoms with Crippen molar-refractivity contribution in [3.63, 3.8) is 0 Å². The minimum absolute atomic E-state index is 0.0440. The third kappa shape index (κ3) is 2.33. The van der Waals surface area contributed by atoms with Gasteiger partial charge in [0.1, 0.15) is 0 Å². The molecule has 0 radical (unpaired) electrons. The molecule has 0 saturated carbocycles. The Morgan fingerprint density at radius 1 is 0.955 bits per heavy atom. The second kappa shape index (κ2) is 5.41. The monoisotopic (exact) mass is 353 g/mol. The van der Waals surface area contributed by atoms with Crippen LogP contribution in [0.3, 0.4) is 0 Å². The Morgan fingerprint density at radius 3 is 2.59 bits per heavy atom. The van der Waals surface area contributed by atoms with E-state index in [9.17, 15) is 4.79 Å². The standard InChI is InChI=1S/C18H11NO2Se/c20-18-14(10-13-8-4-5-9-16(13)21-18)17-19-15(11-22-17)12-6-2-1-3-7-12/h1-11H. The molecular weight excluding hydrogens is 341 g/mol. The fourth-order valence-electron chi connectivity index (χ4n) is 2.35. The number of benzene rings is 2. The average molecular weight is 352 g/mol. The fourth-order valence-corrected chi connectivity index (χ4v) is 4.10. The first kappa shape index (κ1) is 13.3. The predicted molar refractivity (Wildman–Crippen MR) is 88.1 cm³/mol. The molecule has 106 valence electrons. The van der Waals surface area contributed by atoms with E-state index < -0.39 is 0 Å². The van der Waals surface area contributed by atoms with Crippen molar-refractivity contribution in [2.24, 2.45) is 0 Å². The van der Waals surface area contributed by atoms with Gasteiger partial charge in [-0.1, -0.05) is 0 Å². The molecule has 0 bridgehead atoms. The topological polar surface area (TPSA) is 43.1 Å². The quantitative estimate of drug-likeness (QED) is 0.409. The summed E-state index contributed by atoms with van der Waals surface area (Å²) in [4.78, 5) is 18.9. The summed E-state index contributed by atoms with van der Waals surface area (Å²) in [6.07, 6.45) is 0. The van der Waals surface area contributed by atoms with Gasteiger partial charge < -0.3 is 0 Å². The molecule has 0 aliphatic heterocycles. The summed E-state index contributed by atoms with van der Waals surface area (Å²) in [5, 5.41) is 0.920. The summed E-state index contributed by atoms with van der Waals surface area (Å²) in [5.41, 5.74) is 2.87. The molecule has 2 aromatic heterocycles. The molecule has 0 saturated heterocycles. The minimum atomic E-state index is -0.318. The van der Waals surface area contributed by atoms with Gasteiger partial charge in [-0.25, -0.2) is 0 Å². The van der Waals surface area contributed by atoms with Gasteiger partial charge in [0.25, 0.3) is 0 Å². The van der Waals surface area contributed by atoms with Crippen LogP contribution in [-0.4, -0.2) is 19.5 Å². The Bertz CT molecular complexity index is 1000. The van der Waals surface area contributed by atoms with Gasteiger partial charge in [-0.15, -0.1) is 0 Å². The van der Waals surface area contributed by atoms with Crippen LogP contribution in [0.5, 0.6) is 0 Å². The molecular formula is C18H11NO2Se. The summed E-state index contributed by atoms with van der Waals surface area (Å²) >= 11 is 0.0440. The summed E-state index contributed by atoms with van der Waals surface area (Å²) in [6.45, 7) is 0. The van der Waals surface area contributed by atoms with Crippen molar-refractivity contribution < 1.29 is 4.42 Å². The van der Waals surface area contributed by atoms with Crippen LogP contribution in [0.2, 0.25) is 0 Å². The number of hydrogen-bond acceptors (Lipinski definition) is 3. The molecule has 0 atom stereocenters. The summed E-state index contributed by atoms with van der Waals surface area (Å²) < 4.78 is 6.22. The van der Waals surface area contributed by atoms with Crippen LogP contribution >= 0.6 is 0 Å². The molecule has 2 aromatic carbocycles. The first-order valence-electron chi connectivity index (χ1n) is 6.85. The average Bonchev–Trinajstić information content (AvgIpc) is 3.05. The zero-order valence-electron chi connectivity index (χ0n) is 11.5. The molecule has 0 spiro atoms. The van der Waals surface area contributed by atoms with Crippen molar-refractivity contribution in [1.82, 2.24) is 4.98 Å². The molecule has 0 aliphatic carbocycles. The molecule has 4 aromatic rings. The van der Waals surface area contributed by atoms with Gasteiger partial charge >= 0.3 is 132 Å². The molecule has 0 amide bonds. The molecule has 2 heterocycles. The first-order valence-corrected chi connectivity index (χ1v) is 8.70. The van der Waals surface area contributed by atoms with Gasteiger partial charge in [0.05, 0.1) is 0 Å². The molecule has 0 N–H and O–H groups in total. The number of nitrogens with zero attached hydrogens (tertiary/aromatic N) is 1. The van der Waals surface area contributed by atoms with Crippen molar-refractivity contribution in [3.05, 3.63) is 76.0 Å². The normalized spacial score (nSPS) is 10.9. The van der Waals surface area contributed by atoms with E-state index >= 15 is 0 Å². The number of aromatic nitrogens is 1. The van der Waals surface area contributed by atoms with Crippen LogP contribution in [0.25, 0.3) is 32.4 Å². The van der Waals surface area contributed by atoms with Crippen LogP contribution in [0.4, 0.5) is 0 Å². The second-order valence-electron chi connectivity index (χ2n) is 4.89. The van der Waals surface area contributed by atoms with Gasteiger partial charge in [-0.3, -0.25) is 0 Å². The predicted octanol–water partition coefficient (Wildman–Crippen LogP) is 3.58. The van der Waals surface area contributed by atoms with Crippen molar-refractivity contribution in [2.45, 2.75) is 0 Å². The number of fused-ring (bicyclic) bond motifs is 1. The van der Waals surface area contributed by atoms with Crippen LogP contribution in [0.1, 0.15) is 0 Å². The summed E-state index contributed by atoms with van der Waals surface area (Å²) in [7, 11) is 0. The number of rotatable bonds is 2. The Hall–Kier alpha value is -2.42. The second-order valence-corrected chi connectivity index (χ2v) is 6.69. The third-order valence-electron chi connectivity index (χ3n) is 3.45. The maximum absolute atomic E-state index is 12.2. The van der Waals surface area contributed by atoms with Crippen molar-refractivity contribution in [3.8, 4) is 21.4 Å². The van der Waals surface area contributed by atoms with E-state index in [4.69, 9.17) is 4.42 Å². The van der Waals surface area contributed by atoms with Crippen molar-refractivity contribution >= 4 is 25.5 Å². The van der Waals surface area contributed by atoms with E-state index in [1.165, 1.54) is 0 Å². The van der Waals surface area contributed by atoms with Gasteiger partial charge in [0.2, 0.25) is 0 Å². The van der Waals surface area contributed by atoms with E-state index in [0.29, 0.717) is 11.1 Å². The zero-order chi connectivity index (χ0) is 14.9. The van der Waals surface area contributed by atoms with Crippen LogP contribution < -0.4 is 5.63 Å². The zero-order valence-corrected chi connectivity index (χ0v) is 13.2. The number of hydrogen-bond donors (Lipinski definition) is 0. The summed E-state index contributed by atoms with van der Waals surface area (Å²) in [5.74, 6) is 0. The van der Waals surface area contributed by atoms with E-state index in [1.807, 2.05) is 54.6 Å². The van der Waals surface area contributed by atoms with Crippen LogP contribution in [0, 0.1) is 0 Å². The maximum atomic E-state index is 12.2. The SMILES string of the molecule is O=c1oc2ccccc2cc1-c1nc(-c2ccccc2)c[se]1. The van der Waals surface area contributed by atoms with E-state index in [0.717, 1.165) is 21.2 Å². The van der Waals surface area contributed by atoms with E-state index in [1.54, 1.807) is 6.07 Å². The van der Waals surface area contributed by atoms with Gasteiger partial charge in [0, 0.05) is 0 Å². The Kier molecular flexibility index (Phi) is 3.26. The Labute approximate surface area is 132 Å². The van der Waals surface area contributed by atoms with Gasteiger partial charge in [-0.2, -0.15) is 0 Å². The molecule has 0 fully saturated rings. The molecule has 4 heteroatoms. The van der Waals surface area contributed by atoms with E-state index in [2.05, 4.69) is 9.92 Å². The fraction of sp³-hybridized carbons (Fsp3) is 0. The molecule has 3 nitrogen and oxygen atoms in total. The third-order valence-corrected chi connectivity index (χ3v) is 5.28. The molecule has 0 unspecified atom stereocenters. The van der Waals surface area contributed by atoms with Crippen LogP contribution in [-0.2, 0) is 0 Å². The van der Waals surface area contributed by atoms with Gasteiger partial charge in [0.15, 0.2) is 0 Å². The molecule has 4 rings (SSSR count).